The van der Waals surface area contributed by atoms with E-state index in [0.717, 1.165) is 18.5 Å². The summed E-state index contributed by atoms with van der Waals surface area (Å²) in [5, 5.41) is 17.4. The van der Waals surface area contributed by atoms with Gasteiger partial charge in [-0.3, -0.25) is 9.59 Å². The van der Waals surface area contributed by atoms with E-state index in [9.17, 15) is 9.59 Å². The van der Waals surface area contributed by atoms with E-state index >= 15 is 0 Å². The van der Waals surface area contributed by atoms with E-state index in [1.807, 2.05) is 18.2 Å². The highest BCUT2D eigenvalue weighted by atomic mass is 16.2. The van der Waals surface area contributed by atoms with Gasteiger partial charge < -0.3 is 15.5 Å². The Morgan fingerprint density at radius 2 is 2.16 bits per heavy atom. The molecule has 4 rings (SSSR count). The standard InChI is InChI=1S/C16H19N7O2/c24-14(6-9-23-11-17-20-21-23)22-8-3-7-16(10-22)18-13-5-2-1-4-12(13)15(25)19-16/h1-2,4-5,11,18H,3,6-10H2,(H,19,25). The molecule has 0 radical (unpaired) electrons. The largest absolute Gasteiger partial charge is 0.361 e. The number of tetrazole rings is 1. The Morgan fingerprint density at radius 3 is 3.00 bits per heavy atom. The van der Waals surface area contributed by atoms with Crippen molar-refractivity contribution in [2.45, 2.75) is 31.5 Å². The molecule has 130 valence electrons. The van der Waals surface area contributed by atoms with Gasteiger partial charge in [0, 0.05) is 18.7 Å². The topological polar surface area (TPSA) is 105 Å². The van der Waals surface area contributed by atoms with Gasteiger partial charge >= 0.3 is 0 Å². The Morgan fingerprint density at radius 1 is 1.28 bits per heavy atom. The van der Waals surface area contributed by atoms with Crippen LogP contribution in [0.25, 0.3) is 0 Å². The van der Waals surface area contributed by atoms with Gasteiger partial charge in [-0.15, -0.1) is 5.10 Å². The van der Waals surface area contributed by atoms with Crippen molar-refractivity contribution in [3.05, 3.63) is 36.2 Å². The molecule has 1 spiro atoms. The van der Waals surface area contributed by atoms with Crippen molar-refractivity contribution in [1.29, 1.82) is 0 Å². The second-order valence-corrected chi connectivity index (χ2v) is 6.45. The van der Waals surface area contributed by atoms with E-state index in [4.69, 9.17) is 0 Å². The molecule has 25 heavy (non-hydrogen) atoms. The summed E-state index contributed by atoms with van der Waals surface area (Å²) in [6.07, 6.45) is 3.42. The lowest BCUT2D eigenvalue weighted by Gasteiger charge is -2.46. The van der Waals surface area contributed by atoms with Crippen molar-refractivity contribution in [3.8, 4) is 0 Å². The molecule has 0 saturated carbocycles. The Kier molecular flexibility index (Phi) is 3.83. The number of hydrogen-bond donors (Lipinski definition) is 2. The van der Waals surface area contributed by atoms with Crippen LogP contribution < -0.4 is 10.6 Å². The van der Waals surface area contributed by atoms with Crippen molar-refractivity contribution < 1.29 is 9.59 Å². The van der Waals surface area contributed by atoms with E-state index in [1.165, 1.54) is 11.0 Å². The molecule has 1 aromatic carbocycles. The molecule has 1 saturated heterocycles. The number of aromatic nitrogens is 4. The van der Waals surface area contributed by atoms with Gasteiger partial charge in [0.05, 0.1) is 18.7 Å². The van der Waals surface area contributed by atoms with E-state index in [1.54, 1.807) is 11.0 Å². The third kappa shape index (κ3) is 3.04. The van der Waals surface area contributed by atoms with E-state index in [0.29, 0.717) is 31.6 Å². The molecule has 0 bridgehead atoms. The Balaban J connectivity index is 1.46. The second kappa shape index (κ2) is 6.15. The van der Waals surface area contributed by atoms with E-state index in [-0.39, 0.29) is 11.8 Å². The van der Waals surface area contributed by atoms with Crippen molar-refractivity contribution in [3.63, 3.8) is 0 Å². The van der Waals surface area contributed by atoms with Gasteiger partial charge in [0.25, 0.3) is 5.91 Å². The maximum atomic E-state index is 12.5. The molecule has 3 heterocycles. The minimum Gasteiger partial charge on any atom is -0.361 e. The van der Waals surface area contributed by atoms with Crippen LogP contribution in [-0.2, 0) is 11.3 Å². The van der Waals surface area contributed by atoms with Gasteiger partial charge in [-0.2, -0.15) is 0 Å². The van der Waals surface area contributed by atoms with E-state index in [2.05, 4.69) is 26.2 Å². The van der Waals surface area contributed by atoms with Gasteiger partial charge in [0.1, 0.15) is 12.0 Å². The van der Waals surface area contributed by atoms with Gasteiger partial charge in [0.15, 0.2) is 0 Å². The Bertz CT molecular complexity index is 792. The quantitative estimate of drug-likeness (QED) is 0.828. The number of nitrogens with one attached hydrogen (secondary N) is 2. The summed E-state index contributed by atoms with van der Waals surface area (Å²) in [6, 6.07) is 7.43. The van der Waals surface area contributed by atoms with Crippen molar-refractivity contribution in [2.24, 2.45) is 0 Å². The zero-order valence-electron chi connectivity index (χ0n) is 13.7. The first kappa shape index (κ1) is 15.6. The second-order valence-electron chi connectivity index (χ2n) is 6.45. The molecular weight excluding hydrogens is 322 g/mol. The number of carbonyl (C=O) groups excluding carboxylic acids is 2. The molecule has 1 atom stereocenters. The van der Waals surface area contributed by atoms with Crippen molar-refractivity contribution in [1.82, 2.24) is 30.4 Å². The monoisotopic (exact) mass is 341 g/mol. The number of hydrogen-bond acceptors (Lipinski definition) is 6. The maximum Gasteiger partial charge on any atom is 0.255 e. The molecule has 1 unspecified atom stereocenters. The van der Waals surface area contributed by atoms with Crippen LogP contribution in [-0.4, -0.2) is 55.7 Å². The number of benzene rings is 1. The molecule has 2 aromatic rings. The highest BCUT2D eigenvalue weighted by Crippen LogP contribution is 2.30. The molecular formula is C16H19N7O2. The number of amides is 2. The number of rotatable bonds is 3. The van der Waals surface area contributed by atoms with Crippen LogP contribution >= 0.6 is 0 Å². The fraction of sp³-hybridized carbons (Fsp3) is 0.438. The van der Waals surface area contributed by atoms with E-state index < -0.39 is 5.66 Å². The SMILES string of the molecule is O=C1NC2(CCCN(C(=O)CCn3cnnn3)C2)Nc2ccccc21. The number of aryl methyl sites for hydroxylation is 1. The maximum absolute atomic E-state index is 12.5. The van der Waals surface area contributed by atoms with Gasteiger partial charge in [-0.25, -0.2) is 4.68 Å². The van der Waals surface area contributed by atoms with Gasteiger partial charge in [0.2, 0.25) is 5.91 Å². The molecule has 2 aliphatic heterocycles. The van der Waals surface area contributed by atoms with Crippen molar-refractivity contribution >= 4 is 17.5 Å². The summed E-state index contributed by atoms with van der Waals surface area (Å²) < 4.78 is 1.54. The average molecular weight is 341 g/mol. The van der Waals surface area contributed by atoms with Crippen LogP contribution in [0, 0.1) is 0 Å². The molecule has 9 nitrogen and oxygen atoms in total. The predicted octanol–water partition coefficient (Wildman–Crippen LogP) is 0.237. The van der Waals surface area contributed by atoms with Crippen LogP contribution in [0.4, 0.5) is 5.69 Å². The summed E-state index contributed by atoms with van der Waals surface area (Å²) in [5.41, 5.74) is 0.846. The number of piperidine rings is 1. The highest BCUT2D eigenvalue weighted by Gasteiger charge is 2.41. The molecule has 1 fully saturated rings. The first-order valence-corrected chi connectivity index (χ1v) is 8.33. The third-order valence-electron chi connectivity index (χ3n) is 4.69. The zero-order valence-corrected chi connectivity index (χ0v) is 13.7. The Hall–Kier alpha value is -2.97. The van der Waals surface area contributed by atoms with Crippen LogP contribution in [0.2, 0.25) is 0 Å². The summed E-state index contributed by atoms with van der Waals surface area (Å²) in [6.45, 7) is 1.58. The third-order valence-corrected chi connectivity index (χ3v) is 4.69. The van der Waals surface area contributed by atoms with Crippen molar-refractivity contribution in [2.75, 3.05) is 18.4 Å². The Labute approximate surface area is 144 Å². The lowest BCUT2D eigenvalue weighted by Crippen LogP contribution is -2.66. The van der Waals surface area contributed by atoms with Crippen LogP contribution in [0.3, 0.4) is 0 Å². The number of carbonyl (C=O) groups is 2. The normalized spacial score (nSPS) is 22.2. The number of likely N-dealkylation sites (tertiary alicyclic amines) is 1. The van der Waals surface area contributed by atoms with Gasteiger partial charge in [-0.05, 0) is 35.4 Å². The molecule has 2 N–H and O–H groups in total. The fourth-order valence-corrected chi connectivity index (χ4v) is 3.49. The fourth-order valence-electron chi connectivity index (χ4n) is 3.49. The first-order chi connectivity index (χ1) is 12.2. The minimum absolute atomic E-state index is 0.0319. The van der Waals surface area contributed by atoms with Crippen LogP contribution in [0.5, 0.6) is 0 Å². The lowest BCUT2D eigenvalue weighted by molar-refractivity contribution is -0.133. The molecule has 1 aromatic heterocycles. The smallest absolute Gasteiger partial charge is 0.255 e. The minimum atomic E-state index is -0.603. The average Bonchev–Trinajstić information content (AvgIpc) is 3.13. The first-order valence-electron chi connectivity index (χ1n) is 8.33. The number of fused-ring (bicyclic) bond motifs is 1. The van der Waals surface area contributed by atoms with Gasteiger partial charge in [-0.1, -0.05) is 12.1 Å². The molecule has 2 aliphatic rings. The summed E-state index contributed by atoms with van der Waals surface area (Å²) >= 11 is 0. The highest BCUT2D eigenvalue weighted by molar-refractivity contribution is 6.02. The summed E-state index contributed by atoms with van der Waals surface area (Å²) in [4.78, 5) is 26.8. The summed E-state index contributed by atoms with van der Waals surface area (Å²) in [7, 11) is 0. The van der Waals surface area contributed by atoms with Crippen LogP contribution in [0.1, 0.15) is 29.6 Å². The lowest BCUT2D eigenvalue weighted by atomic mass is 9.93. The summed E-state index contributed by atoms with van der Waals surface area (Å²) in [5.74, 6) is -0.0678. The predicted molar refractivity (Wildman–Crippen MR) is 88.5 cm³/mol. The molecule has 9 heteroatoms. The molecule has 0 aliphatic carbocycles. The molecule has 2 amide bonds. The number of anilines is 1. The zero-order chi connectivity index (χ0) is 17.3. The number of para-hydroxylation sites is 1. The van der Waals surface area contributed by atoms with Crippen LogP contribution in [0.15, 0.2) is 30.6 Å². The number of nitrogens with zero attached hydrogens (tertiary/aromatic N) is 5.